The number of rotatable bonds is 39. The van der Waals surface area contributed by atoms with Crippen LogP contribution in [0.3, 0.4) is 0 Å². The van der Waals surface area contributed by atoms with Crippen molar-refractivity contribution in [2.75, 3.05) is 125 Å². The molecule has 42 heavy (non-hydrogen) atoms. The first-order valence-corrected chi connectivity index (χ1v) is 17.2. The van der Waals surface area contributed by atoms with Gasteiger partial charge in [-0.1, -0.05) is 64.7 Å². The van der Waals surface area contributed by atoms with Gasteiger partial charge in [-0.2, -0.15) is 0 Å². The quantitative estimate of drug-likeness (QED) is 0.0594. The Morgan fingerprint density at radius 3 is 0.738 bits per heavy atom. The SMILES string of the molecule is CCCCCCCCCCOCCOCCOCCOCCOCCOCCOCCOCCOCCCCCCCl. The second-order valence-corrected chi connectivity index (χ2v) is 10.5. The molecule has 254 valence electrons. The summed E-state index contributed by atoms with van der Waals surface area (Å²) in [6, 6.07) is 0. The Hall–Kier alpha value is -0.0700. The number of ether oxygens (including phenoxy) is 9. The molecule has 0 aliphatic heterocycles. The lowest BCUT2D eigenvalue weighted by molar-refractivity contribution is -0.0250. The van der Waals surface area contributed by atoms with E-state index in [1.807, 2.05) is 0 Å². The third-order valence-corrected chi connectivity index (χ3v) is 6.56. The number of unbranched alkanes of at least 4 members (excludes halogenated alkanes) is 10. The van der Waals surface area contributed by atoms with Crippen molar-refractivity contribution in [3.05, 3.63) is 0 Å². The zero-order valence-electron chi connectivity index (χ0n) is 27.0. The van der Waals surface area contributed by atoms with E-state index < -0.39 is 0 Å². The summed E-state index contributed by atoms with van der Waals surface area (Å²) in [5, 5.41) is 0. The van der Waals surface area contributed by atoms with Crippen molar-refractivity contribution < 1.29 is 42.6 Å². The van der Waals surface area contributed by atoms with Crippen LogP contribution < -0.4 is 0 Å². The van der Waals surface area contributed by atoms with E-state index in [1.54, 1.807) is 0 Å². The zero-order valence-corrected chi connectivity index (χ0v) is 27.7. The Kier molecular flexibility index (Phi) is 40.9. The molecular weight excluding hydrogens is 564 g/mol. The molecule has 0 amide bonds. The van der Waals surface area contributed by atoms with Crippen molar-refractivity contribution in [1.29, 1.82) is 0 Å². The van der Waals surface area contributed by atoms with Crippen LogP contribution in [-0.2, 0) is 42.6 Å². The van der Waals surface area contributed by atoms with Gasteiger partial charge in [0.1, 0.15) is 0 Å². The van der Waals surface area contributed by atoms with Crippen molar-refractivity contribution >= 4 is 11.6 Å². The van der Waals surface area contributed by atoms with Crippen molar-refractivity contribution in [3.63, 3.8) is 0 Å². The zero-order chi connectivity index (χ0) is 30.3. The van der Waals surface area contributed by atoms with Gasteiger partial charge in [0, 0.05) is 19.1 Å². The van der Waals surface area contributed by atoms with Gasteiger partial charge in [-0.05, 0) is 19.3 Å². The summed E-state index contributed by atoms with van der Waals surface area (Å²) in [6.45, 7) is 13.0. The maximum atomic E-state index is 5.65. The molecule has 10 heteroatoms. The van der Waals surface area contributed by atoms with E-state index in [9.17, 15) is 0 Å². The van der Waals surface area contributed by atoms with Crippen LogP contribution in [0.4, 0.5) is 0 Å². The van der Waals surface area contributed by atoms with Gasteiger partial charge in [-0.15, -0.1) is 11.6 Å². The van der Waals surface area contributed by atoms with Crippen LogP contribution in [0.2, 0.25) is 0 Å². The normalized spacial score (nSPS) is 11.6. The minimum absolute atomic E-state index is 0.538. The van der Waals surface area contributed by atoms with Crippen LogP contribution in [0.1, 0.15) is 84.0 Å². The van der Waals surface area contributed by atoms with Gasteiger partial charge in [0.15, 0.2) is 0 Å². The average Bonchev–Trinajstić information content (AvgIpc) is 3.00. The maximum Gasteiger partial charge on any atom is 0.0701 e. The lowest BCUT2D eigenvalue weighted by Crippen LogP contribution is -2.15. The van der Waals surface area contributed by atoms with Crippen molar-refractivity contribution in [2.24, 2.45) is 0 Å². The smallest absolute Gasteiger partial charge is 0.0701 e. The Balaban J connectivity index is 3.02. The van der Waals surface area contributed by atoms with Gasteiger partial charge in [0.25, 0.3) is 0 Å². The van der Waals surface area contributed by atoms with Crippen LogP contribution in [0.25, 0.3) is 0 Å². The summed E-state index contributed by atoms with van der Waals surface area (Å²) in [7, 11) is 0. The fraction of sp³-hybridized carbons (Fsp3) is 1.00. The minimum atomic E-state index is 0.538. The number of hydrogen-bond acceptors (Lipinski definition) is 9. The second-order valence-electron chi connectivity index (χ2n) is 10.1. The predicted octanol–water partition coefficient (Wildman–Crippen LogP) is 6.08. The molecule has 0 aliphatic carbocycles. The highest BCUT2D eigenvalue weighted by molar-refractivity contribution is 6.17. The van der Waals surface area contributed by atoms with Gasteiger partial charge < -0.3 is 42.6 Å². The summed E-state index contributed by atoms with van der Waals surface area (Å²) in [6.07, 6.45) is 15.1. The monoisotopic (exact) mass is 628 g/mol. The highest BCUT2D eigenvalue weighted by Gasteiger charge is 1.97. The first-order valence-electron chi connectivity index (χ1n) is 16.7. The molecule has 0 bridgehead atoms. The molecule has 0 aromatic carbocycles. The van der Waals surface area contributed by atoms with Crippen LogP contribution in [0, 0.1) is 0 Å². The molecule has 0 aromatic rings. The molecule has 0 rings (SSSR count). The number of halogens is 1. The Bertz CT molecular complexity index is 424. The number of alkyl halides is 1. The van der Waals surface area contributed by atoms with Crippen molar-refractivity contribution in [1.82, 2.24) is 0 Å². The highest BCUT2D eigenvalue weighted by Crippen LogP contribution is 2.08. The Morgan fingerprint density at radius 2 is 0.476 bits per heavy atom. The highest BCUT2D eigenvalue weighted by atomic mass is 35.5. The standard InChI is InChI=1S/C32H65ClO9/c1-2-3-4-5-6-7-9-12-15-34-17-19-36-21-23-38-25-27-40-29-31-42-32-30-41-28-26-39-24-22-37-20-18-35-16-13-10-8-11-14-33/h2-32H2,1H3. The lowest BCUT2D eigenvalue weighted by atomic mass is 10.1. The van der Waals surface area contributed by atoms with Crippen LogP contribution in [-0.4, -0.2) is 125 Å². The van der Waals surface area contributed by atoms with Crippen LogP contribution in [0.15, 0.2) is 0 Å². The molecule has 0 heterocycles. The molecule has 0 aromatic heterocycles. The second kappa shape index (κ2) is 40.9. The number of hydrogen-bond donors (Lipinski definition) is 0. The molecule has 9 nitrogen and oxygen atoms in total. The minimum Gasteiger partial charge on any atom is -0.379 e. The molecule has 0 saturated carbocycles. The van der Waals surface area contributed by atoms with E-state index in [2.05, 4.69) is 6.92 Å². The van der Waals surface area contributed by atoms with E-state index in [1.165, 1.54) is 57.8 Å². The average molecular weight is 629 g/mol. The van der Waals surface area contributed by atoms with E-state index >= 15 is 0 Å². The molecule has 0 atom stereocenters. The molecular formula is C32H65ClO9. The first kappa shape index (κ1) is 41.9. The summed E-state index contributed by atoms with van der Waals surface area (Å²) >= 11 is 5.65. The van der Waals surface area contributed by atoms with Gasteiger partial charge in [-0.3, -0.25) is 0 Å². The first-order chi connectivity index (χ1) is 20.9. The maximum absolute atomic E-state index is 5.65. The van der Waals surface area contributed by atoms with Gasteiger partial charge in [-0.25, -0.2) is 0 Å². The molecule has 0 saturated heterocycles. The summed E-state index contributed by atoms with van der Waals surface area (Å²) in [5.74, 6) is 0.749. The van der Waals surface area contributed by atoms with Gasteiger partial charge in [0.2, 0.25) is 0 Å². The Labute approximate surface area is 262 Å². The van der Waals surface area contributed by atoms with E-state index in [0.717, 1.165) is 38.4 Å². The fourth-order valence-corrected chi connectivity index (χ4v) is 4.04. The largest absolute Gasteiger partial charge is 0.379 e. The third-order valence-electron chi connectivity index (χ3n) is 6.29. The molecule has 0 unspecified atom stereocenters. The molecule has 0 aliphatic rings. The fourth-order valence-electron chi connectivity index (χ4n) is 3.85. The molecule has 0 fully saturated rings. The van der Waals surface area contributed by atoms with Crippen molar-refractivity contribution in [2.45, 2.75) is 84.0 Å². The van der Waals surface area contributed by atoms with Crippen LogP contribution >= 0.6 is 11.6 Å². The molecule has 0 spiro atoms. The Morgan fingerprint density at radius 1 is 0.262 bits per heavy atom. The van der Waals surface area contributed by atoms with Crippen molar-refractivity contribution in [3.8, 4) is 0 Å². The topological polar surface area (TPSA) is 83.1 Å². The summed E-state index contributed by atoms with van der Waals surface area (Å²) in [4.78, 5) is 0. The third kappa shape index (κ3) is 39.9. The van der Waals surface area contributed by atoms with Gasteiger partial charge in [0.05, 0.1) is 106 Å². The van der Waals surface area contributed by atoms with Crippen LogP contribution in [0.5, 0.6) is 0 Å². The summed E-state index contributed by atoms with van der Waals surface area (Å²) < 4.78 is 49.6. The van der Waals surface area contributed by atoms with E-state index in [4.69, 9.17) is 54.2 Å². The van der Waals surface area contributed by atoms with E-state index in [0.29, 0.717) is 106 Å². The van der Waals surface area contributed by atoms with Gasteiger partial charge >= 0.3 is 0 Å². The lowest BCUT2D eigenvalue weighted by Gasteiger charge is -2.09. The molecule has 0 radical (unpaired) electrons. The molecule has 0 N–H and O–H groups in total. The summed E-state index contributed by atoms with van der Waals surface area (Å²) in [5.41, 5.74) is 0. The predicted molar refractivity (Wildman–Crippen MR) is 169 cm³/mol. The van der Waals surface area contributed by atoms with E-state index in [-0.39, 0.29) is 0 Å².